The topological polar surface area (TPSA) is 128 Å². The Morgan fingerprint density at radius 2 is 1.53 bits per heavy atom. The fourth-order valence-electron chi connectivity index (χ4n) is 4.46. The van der Waals surface area contributed by atoms with Crippen LogP contribution in [-0.2, 0) is 19.2 Å². The zero-order chi connectivity index (χ0) is 28.1. The Hall–Kier alpha value is -3.72. The molecular formula is C29H40N4O5. The van der Waals surface area contributed by atoms with Crippen LogP contribution in [0, 0.1) is 5.92 Å². The number of carbonyl (C=O) groups excluding carboxylic acids is 3. The summed E-state index contributed by atoms with van der Waals surface area (Å²) in [5.41, 5.74) is 1.96. The number of likely N-dealkylation sites (tertiary alicyclic amines) is 1. The number of likely N-dealkylation sites (N-methyl/N-ethyl adjacent to an activating group) is 1. The Bertz CT molecular complexity index is 994. The van der Waals surface area contributed by atoms with Crippen LogP contribution in [0.5, 0.6) is 0 Å². The third-order valence-corrected chi connectivity index (χ3v) is 6.99. The Morgan fingerprint density at radius 3 is 2.00 bits per heavy atom. The zero-order valence-corrected chi connectivity index (χ0v) is 22.6. The van der Waals surface area contributed by atoms with Crippen LogP contribution in [0.4, 0.5) is 0 Å². The molecule has 0 unspecified atom stereocenters. The molecule has 4 atom stereocenters. The highest BCUT2D eigenvalue weighted by molar-refractivity contribution is 5.93. The monoisotopic (exact) mass is 524 g/mol. The maximum absolute atomic E-state index is 13.6. The van der Waals surface area contributed by atoms with E-state index >= 15 is 0 Å². The predicted molar refractivity (Wildman–Crippen MR) is 146 cm³/mol. The summed E-state index contributed by atoms with van der Waals surface area (Å²) in [4.78, 5) is 49.8. The van der Waals surface area contributed by atoms with Crippen molar-refractivity contribution in [2.45, 2.75) is 64.2 Å². The average molecular weight is 525 g/mol. The van der Waals surface area contributed by atoms with E-state index in [4.69, 9.17) is 9.90 Å². The van der Waals surface area contributed by atoms with Crippen molar-refractivity contribution in [3.05, 3.63) is 71.8 Å². The molecule has 0 aliphatic carbocycles. The van der Waals surface area contributed by atoms with E-state index in [1.165, 1.54) is 0 Å². The molecule has 0 radical (unpaired) electrons. The lowest BCUT2D eigenvalue weighted by Gasteiger charge is -2.32. The molecule has 2 aromatic carbocycles. The maximum atomic E-state index is 13.6. The largest absolute Gasteiger partial charge is 0.483 e. The molecule has 206 valence electrons. The first kappa shape index (κ1) is 30.5. The van der Waals surface area contributed by atoms with Crippen molar-refractivity contribution in [2.24, 2.45) is 5.92 Å². The molecule has 3 rings (SSSR count). The smallest absolute Gasteiger partial charge is 0.290 e. The van der Waals surface area contributed by atoms with Gasteiger partial charge in [0.15, 0.2) is 0 Å². The van der Waals surface area contributed by atoms with Crippen molar-refractivity contribution < 1.29 is 24.3 Å². The summed E-state index contributed by atoms with van der Waals surface area (Å²) in [6, 6.07) is 17.7. The van der Waals surface area contributed by atoms with Crippen molar-refractivity contribution in [1.29, 1.82) is 0 Å². The number of benzene rings is 2. The molecule has 9 heteroatoms. The van der Waals surface area contributed by atoms with E-state index in [0.29, 0.717) is 13.0 Å². The molecular weight excluding hydrogens is 484 g/mol. The van der Waals surface area contributed by atoms with Crippen molar-refractivity contribution in [3.63, 3.8) is 0 Å². The summed E-state index contributed by atoms with van der Waals surface area (Å²) in [6.07, 6.45) is 2.08. The highest BCUT2D eigenvalue weighted by atomic mass is 16.3. The zero-order valence-electron chi connectivity index (χ0n) is 22.6. The van der Waals surface area contributed by atoms with Gasteiger partial charge in [0.05, 0.1) is 12.1 Å². The fourth-order valence-corrected chi connectivity index (χ4v) is 4.46. The quantitative estimate of drug-likeness (QED) is 0.354. The molecule has 4 N–H and O–H groups in total. The van der Waals surface area contributed by atoms with Crippen LogP contribution in [0.1, 0.15) is 57.2 Å². The van der Waals surface area contributed by atoms with Crippen LogP contribution >= 0.6 is 0 Å². The third-order valence-electron chi connectivity index (χ3n) is 6.99. The second-order valence-corrected chi connectivity index (χ2v) is 9.44. The molecule has 3 amide bonds. The van der Waals surface area contributed by atoms with Gasteiger partial charge in [-0.25, -0.2) is 0 Å². The summed E-state index contributed by atoms with van der Waals surface area (Å²) in [6.45, 7) is 5.96. The number of nitrogens with one attached hydrogen (secondary N) is 3. The fraction of sp³-hybridized carbons (Fsp3) is 0.448. The van der Waals surface area contributed by atoms with Gasteiger partial charge in [-0.1, -0.05) is 80.9 Å². The average Bonchev–Trinajstić information content (AvgIpc) is 3.45. The van der Waals surface area contributed by atoms with Gasteiger partial charge in [-0.2, -0.15) is 0 Å². The first-order valence-corrected chi connectivity index (χ1v) is 13.0. The molecule has 1 fully saturated rings. The molecule has 0 aromatic heterocycles. The molecule has 9 nitrogen and oxygen atoms in total. The van der Waals surface area contributed by atoms with E-state index in [9.17, 15) is 14.4 Å². The van der Waals surface area contributed by atoms with Gasteiger partial charge < -0.3 is 26.0 Å². The second-order valence-electron chi connectivity index (χ2n) is 9.44. The molecule has 0 saturated carbocycles. The normalized spacial score (nSPS) is 17.0. The van der Waals surface area contributed by atoms with Crippen molar-refractivity contribution in [2.75, 3.05) is 13.6 Å². The van der Waals surface area contributed by atoms with E-state index in [1.54, 1.807) is 18.9 Å². The number of carboxylic acid groups (broad SMARTS) is 1. The van der Waals surface area contributed by atoms with Crippen LogP contribution in [-0.4, -0.2) is 65.9 Å². The number of carbonyl (C=O) groups is 4. The van der Waals surface area contributed by atoms with Gasteiger partial charge in [0.1, 0.15) is 12.1 Å². The third kappa shape index (κ3) is 8.14. The van der Waals surface area contributed by atoms with E-state index in [-0.39, 0.29) is 36.2 Å². The Balaban J connectivity index is 0.00000161. The Morgan fingerprint density at radius 1 is 1.00 bits per heavy atom. The SMILES string of the molecule is CC[C@H](C)[C@H](NC(=O)[C@H](C)NC)C(=O)N1CCC[C@H]1C(=O)NC(c1ccccc1)c1ccccc1.O=CO. The summed E-state index contributed by atoms with van der Waals surface area (Å²) in [5, 5.41) is 15.9. The lowest BCUT2D eigenvalue weighted by molar-refractivity contribution is -0.142. The molecule has 1 aliphatic heterocycles. The van der Waals surface area contributed by atoms with Crippen LogP contribution in [0.25, 0.3) is 0 Å². The van der Waals surface area contributed by atoms with Gasteiger partial charge in [0.25, 0.3) is 6.47 Å². The number of nitrogens with zero attached hydrogens (tertiary/aromatic N) is 1. The van der Waals surface area contributed by atoms with E-state index < -0.39 is 18.1 Å². The van der Waals surface area contributed by atoms with Crippen LogP contribution in [0.3, 0.4) is 0 Å². The van der Waals surface area contributed by atoms with E-state index in [0.717, 1.165) is 24.0 Å². The standard InChI is InChI=1S/C28H38N4O3.CH2O2/c1-5-19(2)24(30-26(33)20(3)29-4)28(35)32-18-12-17-23(32)27(34)31-25(21-13-8-6-9-14-21)22-15-10-7-11-16-22;2-1-3/h6-11,13-16,19-20,23-25,29H,5,12,17-18H2,1-4H3,(H,30,33)(H,31,34);1H,(H,2,3)/t19-,20-,23-,24-;/m0./s1. The molecule has 0 bridgehead atoms. The van der Waals surface area contributed by atoms with Gasteiger partial charge in [-0.15, -0.1) is 0 Å². The number of amides is 3. The number of rotatable bonds is 10. The summed E-state index contributed by atoms with van der Waals surface area (Å²) < 4.78 is 0. The van der Waals surface area contributed by atoms with Gasteiger partial charge >= 0.3 is 0 Å². The predicted octanol–water partition coefficient (Wildman–Crippen LogP) is 2.72. The van der Waals surface area contributed by atoms with E-state index in [1.807, 2.05) is 74.5 Å². The van der Waals surface area contributed by atoms with Gasteiger partial charge in [0, 0.05) is 6.54 Å². The van der Waals surface area contributed by atoms with Gasteiger partial charge in [0.2, 0.25) is 17.7 Å². The minimum absolute atomic E-state index is 0.0544. The Labute approximate surface area is 225 Å². The summed E-state index contributed by atoms with van der Waals surface area (Å²) >= 11 is 0. The maximum Gasteiger partial charge on any atom is 0.290 e. The molecule has 1 saturated heterocycles. The van der Waals surface area contributed by atoms with Gasteiger partial charge in [-0.3, -0.25) is 19.2 Å². The summed E-state index contributed by atoms with van der Waals surface area (Å²) in [7, 11) is 1.71. The van der Waals surface area contributed by atoms with Crippen LogP contribution in [0.15, 0.2) is 60.7 Å². The number of hydrogen-bond acceptors (Lipinski definition) is 5. The lowest BCUT2D eigenvalue weighted by atomic mass is 9.96. The molecule has 1 aliphatic rings. The first-order chi connectivity index (χ1) is 18.3. The van der Waals surface area contributed by atoms with Gasteiger partial charge in [-0.05, 0) is 43.9 Å². The van der Waals surface area contributed by atoms with E-state index in [2.05, 4.69) is 16.0 Å². The molecule has 1 heterocycles. The second kappa shape index (κ2) is 15.5. The lowest BCUT2D eigenvalue weighted by Crippen LogP contribution is -2.57. The molecule has 38 heavy (non-hydrogen) atoms. The summed E-state index contributed by atoms with van der Waals surface area (Å²) in [5.74, 6) is -0.642. The highest BCUT2D eigenvalue weighted by Gasteiger charge is 2.40. The number of hydrogen-bond donors (Lipinski definition) is 4. The van der Waals surface area contributed by atoms with Crippen molar-refractivity contribution in [1.82, 2.24) is 20.9 Å². The van der Waals surface area contributed by atoms with Crippen molar-refractivity contribution in [3.8, 4) is 0 Å². The van der Waals surface area contributed by atoms with Crippen molar-refractivity contribution >= 4 is 24.2 Å². The molecule has 2 aromatic rings. The van der Waals surface area contributed by atoms with Crippen LogP contribution in [0.2, 0.25) is 0 Å². The van der Waals surface area contributed by atoms with Crippen LogP contribution < -0.4 is 16.0 Å². The minimum atomic E-state index is -0.671. The Kier molecular flexibility index (Phi) is 12.5. The molecule has 0 spiro atoms. The highest BCUT2D eigenvalue weighted by Crippen LogP contribution is 2.25. The first-order valence-electron chi connectivity index (χ1n) is 13.0. The minimum Gasteiger partial charge on any atom is -0.483 e.